The maximum absolute atomic E-state index is 11.6. The van der Waals surface area contributed by atoms with Gasteiger partial charge in [-0.25, -0.2) is 4.79 Å². The average molecular weight is 272 g/mol. The summed E-state index contributed by atoms with van der Waals surface area (Å²) in [5.74, 6) is -0.927. The molecule has 0 spiro atoms. The Hall–Kier alpha value is -2.10. The molecule has 20 heavy (non-hydrogen) atoms. The summed E-state index contributed by atoms with van der Waals surface area (Å²) in [4.78, 5) is 11.6. The van der Waals surface area contributed by atoms with Gasteiger partial charge in [-0.3, -0.25) is 4.68 Å². The van der Waals surface area contributed by atoms with Crippen LogP contribution in [0.2, 0.25) is 0 Å². The first-order valence-electron chi connectivity index (χ1n) is 6.60. The number of aromatic carboxylic acids is 1. The lowest BCUT2D eigenvalue weighted by molar-refractivity contribution is 0.0697. The van der Waals surface area contributed by atoms with Crippen molar-refractivity contribution in [1.82, 2.24) is 9.78 Å². The topological polar surface area (TPSA) is 55.1 Å². The summed E-state index contributed by atoms with van der Waals surface area (Å²) in [6.45, 7) is 9.90. The zero-order chi connectivity index (χ0) is 15.2. The molecule has 106 valence electrons. The number of carbonyl (C=O) groups is 1. The van der Waals surface area contributed by atoms with Crippen molar-refractivity contribution < 1.29 is 9.90 Å². The third kappa shape index (κ3) is 2.01. The Balaban J connectivity index is 2.92. The number of carboxylic acids is 1. The van der Waals surface area contributed by atoms with Gasteiger partial charge >= 0.3 is 5.97 Å². The molecule has 2 aromatic rings. The van der Waals surface area contributed by atoms with Crippen LogP contribution in [0.1, 0.15) is 38.3 Å². The molecule has 0 atom stereocenters. The van der Waals surface area contributed by atoms with Crippen molar-refractivity contribution in [2.45, 2.75) is 34.6 Å². The number of carboxylic acid groups (broad SMARTS) is 1. The molecule has 1 aromatic carbocycles. The van der Waals surface area contributed by atoms with Crippen LogP contribution in [-0.2, 0) is 7.05 Å². The van der Waals surface area contributed by atoms with E-state index in [4.69, 9.17) is 0 Å². The number of hydrogen-bond acceptors (Lipinski definition) is 2. The molecule has 4 nitrogen and oxygen atoms in total. The second kappa shape index (κ2) is 4.78. The molecule has 0 aliphatic rings. The maximum atomic E-state index is 11.6. The Bertz CT molecular complexity index is 686. The van der Waals surface area contributed by atoms with Crippen LogP contribution in [0, 0.1) is 34.6 Å². The quantitative estimate of drug-likeness (QED) is 0.912. The standard InChI is InChI=1S/C16H20N2O2/c1-8-7-9(2)11(4)13(10(8)3)15-14(16(19)20)12(5)17-18(15)6/h7H,1-6H3,(H,19,20). The van der Waals surface area contributed by atoms with Gasteiger partial charge in [-0.15, -0.1) is 0 Å². The van der Waals surface area contributed by atoms with Crippen LogP contribution in [0.15, 0.2) is 6.07 Å². The van der Waals surface area contributed by atoms with E-state index in [9.17, 15) is 9.90 Å². The van der Waals surface area contributed by atoms with Crippen LogP contribution in [0.5, 0.6) is 0 Å². The summed E-state index contributed by atoms with van der Waals surface area (Å²) < 4.78 is 1.67. The van der Waals surface area contributed by atoms with Gasteiger partial charge in [0, 0.05) is 12.6 Å². The van der Waals surface area contributed by atoms with Gasteiger partial charge < -0.3 is 5.11 Å². The molecule has 0 saturated carbocycles. The van der Waals surface area contributed by atoms with E-state index in [2.05, 4.69) is 25.0 Å². The Morgan fingerprint density at radius 1 is 1.10 bits per heavy atom. The van der Waals surface area contributed by atoms with Crippen LogP contribution >= 0.6 is 0 Å². The fraction of sp³-hybridized carbons (Fsp3) is 0.375. The van der Waals surface area contributed by atoms with Crippen LogP contribution in [0.25, 0.3) is 11.3 Å². The van der Waals surface area contributed by atoms with E-state index in [0.717, 1.165) is 16.7 Å². The molecule has 0 fully saturated rings. The smallest absolute Gasteiger partial charge is 0.339 e. The molecule has 2 rings (SSSR count). The van der Waals surface area contributed by atoms with E-state index in [1.54, 1.807) is 18.7 Å². The summed E-state index contributed by atoms with van der Waals surface area (Å²) >= 11 is 0. The van der Waals surface area contributed by atoms with Crippen LogP contribution < -0.4 is 0 Å². The fourth-order valence-corrected chi connectivity index (χ4v) is 2.77. The monoisotopic (exact) mass is 272 g/mol. The van der Waals surface area contributed by atoms with Gasteiger partial charge in [0.25, 0.3) is 0 Å². The highest BCUT2D eigenvalue weighted by atomic mass is 16.4. The molecular weight excluding hydrogens is 252 g/mol. The molecule has 0 saturated heterocycles. The minimum Gasteiger partial charge on any atom is -0.478 e. The van der Waals surface area contributed by atoms with E-state index in [1.807, 2.05) is 13.8 Å². The molecule has 1 heterocycles. The number of aromatic nitrogens is 2. The lowest BCUT2D eigenvalue weighted by Gasteiger charge is -2.16. The highest BCUT2D eigenvalue weighted by Gasteiger charge is 2.24. The largest absolute Gasteiger partial charge is 0.478 e. The number of benzene rings is 1. The van der Waals surface area contributed by atoms with Crippen molar-refractivity contribution in [2.75, 3.05) is 0 Å². The van der Waals surface area contributed by atoms with E-state index < -0.39 is 5.97 Å². The first kappa shape index (κ1) is 14.3. The molecule has 0 unspecified atom stereocenters. The third-order valence-corrected chi connectivity index (χ3v) is 4.04. The number of aryl methyl sites for hydroxylation is 4. The maximum Gasteiger partial charge on any atom is 0.339 e. The molecule has 0 amide bonds. The molecule has 0 radical (unpaired) electrons. The van der Waals surface area contributed by atoms with Gasteiger partial charge in [-0.1, -0.05) is 6.07 Å². The summed E-state index contributed by atoms with van der Waals surface area (Å²) in [6, 6.07) is 2.14. The first-order valence-corrected chi connectivity index (χ1v) is 6.60. The van der Waals surface area contributed by atoms with Crippen molar-refractivity contribution in [2.24, 2.45) is 7.05 Å². The van der Waals surface area contributed by atoms with Crippen molar-refractivity contribution in [3.63, 3.8) is 0 Å². The molecular formula is C16H20N2O2. The normalized spacial score (nSPS) is 10.9. The second-order valence-electron chi connectivity index (χ2n) is 5.37. The molecule has 0 aliphatic heterocycles. The fourth-order valence-electron chi connectivity index (χ4n) is 2.77. The van der Waals surface area contributed by atoms with Crippen molar-refractivity contribution >= 4 is 5.97 Å². The average Bonchev–Trinajstić information content (AvgIpc) is 2.63. The van der Waals surface area contributed by atoms with E-state index in [0.29, 0.717) is 17.0 Å². The lowest BCUT2D eigenvalue weighted by Crippen LogP contribution is -2.05. The molecule has 1 aromatic heterocycles. The van der Waals surface area contributed by atoms with Gasteiger partial charge in [0.05, 0.1) is 11.4 Å². The SMILES string of the molecule is Cc1cc(C)c(C)c(-c2c(C(=O)O)c(C)nn2C)c1C. The number of hydrogen-bond donors (Lipinski definition) is 1. The number of rotatable bonds is 2. The number of nitrogens with zero attached hydrogens (tertiary/aromatic N) is 2. The Labute approximate surface area is 119 Å². The van der Waals surface area contributed by atoms with Gasteiger partial charge in [-0.05, 0) is 56.9 Å². The van der Waals surface area contributed by atoms with Crippen LogP contribution in [0.4, 0.5) is 0 Å². The lowest BCUT2D eigenvalue weighted by atomic mass is 9.90. The minimum absolute atomic E-state index is 0.295. The Kier molecular flexibility index (Phi) is 3.42. The van der Waals surface area contributed by atoms with E-state index in [-0.39, 0.29) is 0 Å². The van der Waals surface area contributed by atoms with E-state index >= 15 is 0 Å². The van der Waals surface area contributed by atoms with Crippen molar-refractivity contribution in [3.05, 3.63) is 39.6 Å². The van der Waals surface area contributed by atoms with Gasteiger partial charge in [0.15, 0.2) is 0 Å². The highest BCUT2D eigenvalue weighted by Crippen LogP contribution is 2.34. The predicted octanol–water partition coefficient (Wildman–Crippen LogP) is 3.33. The van der Waals surface area contributed by atoms with Gasteiger partial charge in [0.1, 0.15) is 5.56 Å². The van der Waals surface area contributed by atoms with E-state index in [1.165, 1.54) is 11.1 Å². The van der Waals surface area contributed by atoms with Gasteiger partial charge in [0.2, 0.25) is 0 Å². The summed E-state index contributed by atoms with van der Waals surface area (Å²) in [5, 5.41) is 13.8. The summed E-state index contributed by atoms with van der Waals surface area (Å²) in [6.07, 6.45) is 0. The zero-order valence-electron chi connectivity index (χ0n) is 12.8. The second-order valence-corrected chi connectivity index (χ2v) is 5.37. The van der Waals surface area contributed by atoms with Crippen LogP contribution in [-0.4, -0.2) is 20.9 Å². The first-order chi connectivity index (χ1) is 9.25. The zero-order valence-corrected chi connectivity index (χ0v) is 12.8. The van der Waals surface area contributed by atoms with Crippen molar-refractivity contribution in [1.29, 1.82) is 0 Å². The van der Waals surface area contributed by atoms with Crippen LogP contribution in [0.3, 0.4) is 0 Å². The van der Waals surface area contributed by atoms with Gasteiger partial charge in [-0.2, -0.15) is 5.10 Å². The minimum atomic E-state index is -0.927. The third-order valence-electron chi connectivity index (χ3n) is 4.04. The highest BCUT2D eigenvalue weighted by molar-refractivity contribution is 5.97. The Morgan fingerprint density at radius 3 is 2.05 bits per heavy atom. The summed E-state index contributed by atoms with van der Waals surface area (Å²) in [5.41, 5.74) is 7.07. The molecule has 0 bridgehead atoms. The summed E-state index contributed by atoms with van der Waals surface area (Å²) in [7, 11) is 1.80. The molecule has 4 heteroatoms. The molecule has 1 N–H and O–H groups in total. The van der Waals surface area contributed by atoms with Crippen molar-refractivity contribution in [3.8, 4) is 11.3 Å². The molecule has 0 aliphatic carbocycles. The predicted molar refractivity (Wildman–Crippen MR) is 79.3 cm³/mol. The Morgan fingerprint density at radius 2 is 1.60 bits per heavy atom.